The maximum atomic E-state index is 13.3. The number of benzene rings is 3. The molecule has 0 unspecified atom stereocenters. The number of ether oxygens (including phenoxy) is 1. The summed E-state index contributed by atoms with van der Waals surface area (Å²) in [6.45, 7) is 1.84. The smallest absolute Gasteiger partial charge is 0.256 e. The third kappa shape index (κ3) is 4.73. The van der Waals surface area contributed by atoms with E-state index in [9.17, 15) is 14.0 Å². The van der Waals surface area contributed by atoms with E-state index in [1.807, 2.05) is 19.1 Å². The minimum absolute atomic E-state index is 0.140. The van der Waals surface area contributed by atoms with Crippen molar-refractivity contribution in [3.63, 3.8) is 0 Å². The van der Waals surface area contributed by atoms with Gasteiger partial charge in [-0.1, -0.05) is 29.8 Å². The zero-order valence-electron chi connectivity index (χ0n) is 15.8. The molecule has 0 heterocycles. The molecule has 3 rings (SSSR count). The predicted octanol–water partition coefficient (Wildman–Crippen LogP) is 5.30. The van der Waals surface area contributed by atoms with Crippen molar-refractivity contribution in [3.05, 3.63) is 88.2 Å². The lowest BCUT2D eigenvalue weighted by Crippen LogP contribution is -2.15. The van der Waals surface area contributed by atoms with Gasteiger partial charge in [-0.3, -0.25) is 9.59 Å². The first kappa shape index (κ1) is 20.4. The molecule has 29 heavy (non-hydrogen) atoms. The molecule has 0 bridgehead atoms. The van der Waals surface area contributed by atoms with Gasteiger partial charge in [-0.15, -0.1) is 0 Å². The van der Waals surface area contributed by atoms with E-state index in [0.717, 1.165) is 11.6 Å². The number of rotatable bonds is 5. The van der Waals surface area contributed by atoms with Crippen LogP contribution in [0.4, 0.5) is 15.8 Å². The standard InChI is InChI=1S/C22H18ClFN2O3/c1-13-5-3-4-6-16(13)22(28)26-19-12-15(8-10-20(19)29-2)25-21(27)14-7-9-18(24)17(23)11-14/h3-12H,1-2H3,(H,25,27)(H,26,28). The number of carbonyl (C=O) groups is 2. The molecule has 0 fully saturated rings. The van der Waals surface area contributed by atoms with Crippen molar-refractivity contribution in [2.24, 2.45) is 0 Å². The highest BCUT2D eigenvalue weighted by Crippen LogP contribution is 2.29. The Bertz CT molecular complexity index is 1090. The Morgan fingerprint density at radius 1 is 0.966 bits per heavy atom. The summed E-state index contributed by atoms with van der Waals surface area (Å²) in [6.07, 6.45) is 0. The van der Waals surface area contributed by atoms with Crippen LogP contribution in [0.3, 0.4) is 0 Å². The maximum Gasteiger partial charge on any atom is 0.256 e. The van der Waals surface area contributed by atoms with Crippen LogP contribution in [0.2, 0.25) is 5.02 Å². The fourth-order valence-electron chi connectivity index (χ4n) is 2.74. The lowest BCUT2D eigenvalue weighted by atomic mass is 10.1. The average Bonchev–Trinajstić information content (AvgIpc) is 2.70. The second-order valence-corrected chi connectivity index (χ2v) is 6.67. The number of halogens is 2. The maximum absolute atomic E-state index is 13.3. The summed E-state index contributed by atoms with van der Waals surface area (Å²) in [5, 5.41) is 5.36. The topological polar surface area (TPSA) is 67.4 Å². The summed E-state index contributed by atoms with van der Waals surface area (Å²) in [4.78, 5) is 25.0. The van der Waals surface area contributed by atoms with Crippen LogP contribution in [0.1, 0.15) is 26.3 Å². The number of hydrogen-bond donors (Lipinski definition) is 2. The normalized spacial score (nSPS) is 10.3. The molecule has 2 N–H and O–H groups in total. The average molecular weight is 413 g/mol. The van der Waals surface area contributed by atoms with E-state index in [2.05, 4.69) is 10.6 Å². The SMILES string of the molecule is COc1ccc(NC(=O)c2ccc(F)c(Cl)c2)cc1NC(=O)c1ccccc1C. The lowest BCUT2D eigenvalue weighted by molar-refractivity contribution is 0.101. The Morgan fingerprint density at radius 2 is 1.72 bits per heavy atom. The van der Waals surface area contributed by atoms with Crippen LogP contribution in [-0.2, 0) is 0 Å². The molecule has 2 amide bonds. The molecule has 0 aliphatic carbocycles. The van der Waals surface area contributed by atoms with Crippen LogP contribution in [0.25, 0.3) is 0 Å². The summed E-state index contributed by atoms with van der Waals surface area (Å²) in [6, 6.07) is 15.7. The van der Waals surface area contributed by atoms with Gasteiger partial charge < -0.3 is 15.4 Å². The molecule has 0 aromatic heterocycles. The van der Waals surface area contributed by atoms with Crippen molar-refractivity contribution in [2.45, 2.75) is 6.92 Å². The third-order valence-corrected chi connectivity index (χ3v) is 4.57. The van der Waals surface area contributed by atoms with Crippen LogP contribution in [0, 0.1) is 12.7 Å². The van der Waals surface area contributed by atoms with Crippen LogP contribution in [0.15, 0.2) is 60.7 Å². The van der Waals surface area contributed by atoms with E-state index in [1.165, 1.54) is 19.2 Å². The minimum Gasteiger partial charge on any atom is -0.495 e. The fraction of sp³-hybridized carbons (Fsp3) is 0.0909. The Labute approximate surface area is 172 Å². The largest absolute Gasteiger partial charge is 0.495 e. The molecule has 5 nitrogen and oxygen atoms in total. The van der Waals surface area contributed by atoms with E-state index in [1.54, 1.807) is 30.3 Å². The Morgan fingerprint density at radius 3 is 2.41 bits per heavy atom. The second kappa shape index (κ2) is 8.75. The molecule has 0 spiro atoms. The molecule has 0 atom stereocenters. The summed E-state index contributed by atoms with van der Waals surface area (Å²) >= 11 is 5.73. The summed E-state index contributed by atoms with van der Waals surface area (Å²) < 4.78 is 18.6. The quantitative estimate of drug-likeness (QED) is 0.597. The molecule has 148 valence electrons. The van der Waals surface area contributed by atoms with Crippen LogP contribution >= 0.6 is 11.6 Å². The third-order valence-electron chi connectivity index (χ3n) is 4.28. The van der Waals surface area contributed by atoms with Crippen molar-refractivity contribution in [1.29, 1.82) is 0 Å². The molecule has 0 aliphatic heterocycles. The molecule has 3 aromatic rings. The van der Waals surface area contributed by atoms with E-state index in [0.29, 0.717) is 22.7 Å². The summed E-state index contributed by atoms with van der Waals surface area (Å²) in [5.74, 6) is -0.924. The molecule has 0 aliphatic rings. The van der Waals surface area contributed by atoms with Crippen molar-refractivity contribution in [3.8, 4) is 5.75 Å². The zero-order valence-corrected chi connectivity index (χ0v) is 16.5. The van der Waals surface area contributed by atoms with Gasteiger partial charge in [0.25, 0.3) is 11.8 Å². The Kier molecular flexibility index (Phi) is 6.14. The summed E-state index contributed by atoms with van der Waals surface area (Å²) in [5.41, 5.74) is 2.40. The van der Waals surface area contributed by atoms with E-state index in [-0.39, 0.29) is 16.5 Å². The Hall–Kier alpha value is -3.38. The van der Waals surface area contributed by atoms with Gasteiger partial charge in [-0.2, -0.15) is 0 Å². The van der Waals surface area contributed by atoms with E-state index < -0.39 is 11.7 Å². The minimum atomic E-state index is -0.603. The van der Waals surface area contributed by atoms with Gasteiger partial charge in [0.15, 0.2) is 0 Å². The number of amides is 2. The molecule has 0 saturated carbocycles. The zero-order chi connectivity index (χ0) is 21.0. The van der Waals surface area contributed by atoms with Crippen LogP contribution in [0.5, 0.6) is 5.75 Å². The predicted molar refractivity (Wildman–Crippen MR) is 111 cm³/mol. The monoisotopic (exact) mass is 412 g/mol. The molecular formula is C22H18ClFN2O3. The van der Waals surface area contributed by atoms with Crippen molar-refractivity contribution >= 4 is 34.8 Å². The molecular weight excluding hydrogens is 395 g/mol. The van der Waals surface area contributed by atoms with E-state index in [4.69, 9.17) is 16.3 Å². The first-order chi connectivity index (χ1) is 13.9. The number of anilines is 2. The number of aryl methyl sites for hydroxylation is 1. The van der Waals surface area contributed by atoms with Gasteiger partial charge in [-0.05, 0) is 55.0 Å². The van der Waals surface area contributed by atoms with Crippen molar-refractivity contribution < 1.29 is 18.7 Å². The highest BCUT2D eigenvalue weighted by Gasteiger charge is 2.14. The lowest BCUT2D eigenvalue weighted by Gasteiger charge is -2.14. The fourth-order valence-corrected chi connectivity index (χ4v) is 2.92. The summed E-state index contributed by atoms with van der Waals surface area (Å²) in [7, 11) is 1.48. The number of hydrogen-bond acceptors (Lipinski definition) is 3. The first-order valence-corrected chi connectivity index (χ1v) is 9.08. The van der Waals surface area contributed by atoms with Crippen LogP contribution < -0.4 is 15.4 Å². The van der Waals surface area contributed by atoms with Crippen LogP contribution in [-0.4, -0.2) is 18.9 Å². The van der Waals surface area contributed by atoms with Gasteiger partial charge in [0.05, 0.1) is 17.8 Å². The molecule has 0 radical (unpaired) electrons. The number of carbonyl (C=O) groups excluding carboxylic acids is 2. The molecule has 3 aromatic carbocycles. The van der Waals surface area contributed by atoms with Gasteiger partial charge >= 0.3 is 0 Å². The molecule has 7 heteroatoms. The van der Waals surface area contributed by atoms with Gasteiger partial charge in [-0.25, -0.2) is 4.39 Å². The van der Waals surface area contributed by atoms with Gasteiger partial charge in [0, 0.05) is 16.8 Å². The number of methoxy groups -OCH3 is 1. The first-order valence-electron chi connectivity index (χ1n) is 8.70. The van der Waals surface area contributed by atoms with Crippen molar-refractivity contribution in [2.75, 3.05) is 17.7 Å². The highest BCUT2D eigenvalue weighted by molar-refractivity contribution is 6.31. The highest BCUT2D eigenvalue weighted by atomic mass is 35.5. The Balaban J connectivity index is 1.83. The second-order valence-electron chi connectivity index (χ2n) is 6.27. The van der Waals surface area contributed by atoms with Gasteiger partial charge in [0.1, 0.15) is 11.6 Å². The van der Waals surface area contributed by atoms with E-state index >= 15 is 0 Å². The number of nitrogens with one attached hydrogen (secondary N) is 2. The van der Waals surface area contributed by atoms with Gasteiger partial charge in [0.2, 0.25) is 0 Å². The van der Waals surface area contributed by atoms with Crippen molar-refractivity contribution in [1.82, 2.24) is 0 Å². The molecule has 0 saturated heterocycles.